The lowest BCUT2D eigenvalue weighted by molar-refractivity contribution is -0.385. The normalized spacial score (nSPS) is 16.6. The van der Waals surface area contributed by atoms with Crippen LogP contribution in [0.25, 0.3) is 0 Å². The van der Waals surface area contributed by atoms with Crippen molar-refractivity contribution in [1.82, 2.24) is 15.5 Å². The summed E-state index contributed by atoms with van der Waals surface area (Å²) in [5.74, 6) is -0.897. The van der Waals surface area contributed by atoms with Crippen LogP contribution in [0.3, 0.4) is 0 Å². The Morgan fingerprint density at radius 3 is 2.48 bits per heavy atom. The van der Waals surface area contributed by atoms with Crippen molar-refractivity contribution in [3.05, 3.63) is 39.9 Å². The van der Waals surface area contributed by atoms with E-state index in [2.05, 4.69) is 10.6 Å². The molecule has 11 heteroatoms. The van der Waals surface area contributed by atoms with Crippen LogP contribution in [0, 0.1) is 10.1 Å². The van der Waals surface area contributed by atoms with E-state index < -0.39 is 35.3 Å². The molecule has 1 atom stereocenters. The number of alkyl halides is 3. The summed E-state index contributed by atoms with van der Waals surface area (Å²) in [6, 6.07) is 3.31. The average molecular weight is 383 g/mol. The van der Waals surface area contributed by atoms with Gasteiger partial charge in [-0.1, -0.05) is 12.1 Å². The first-order chi connectivity index (χ1) is 11.3. The third kappa shape index (κ3) is 5.55. The first kappa shape index (κ1) is 21.1. The number of nitro groups is 1. The van der Waals surface area contributed by atoms with E-state index in [0.717, 1.165) is 6.07 Å². The quantitative estimate of drug-likeness (QED) is 0.596. The summed E-state index contributed by atoms with van der Waals surface area (Å²) >= 11 is 0. The van der Waals surface area contributed by atoms with E-state index in [-0.39, 0.29) is 31.1 Å². The Kier molecular flexibility index (Phi) is 7.59. The Balaban J connectivity index is 0.00000312. The minimum atomic E-state index is -4.51. The maximum absolute atomic E-state index is 13.2. The molecule has 1 amide bonds. The molecule has 0 bridgehead atoms. The predicted octanol–water partition coefficient (Wildman–Crippen LogP) is 1.58. The van der Waals surface area contributed by atoms with Gasteiger partial charge >= 0.3 is 6.18 Å². The standard InChI is InChI=1S/C14H17F3N4O3.ClH/c15-14(16,17)12(20-7-5-18-6-8-20)9-19-13(22)10-3-1-2-4-11(10)21(23)24;/h1-4,12,18H,5-9H2,(H,19,22);1H. The van der Waals surface area contributed by atoms with Gasteiger partial charge in [0.25, 0.3) is 11.6 Å². The molecule has 7 nitrogen and oxygen atoms in total. The Morgan fingerprint density at radius 1 is 1.32 bits per heavy atom. The van der Waals surface area contributed by atoms with E-state index >= 15 is 0 Å². The molecule has 0 radical (unpaired) electrons. The molecule has 140 valence electrons. The van der Waals surface area contributed by atoms with Crippen molar-refractivity contribution in [3.8, 4) is 0 Å². The molecule has 1 aliphatic heterocycles. The van der Waals surface area contributed by atoms with Crippen LogP contribution in [0.2, 0.25) is 0 Å². The third-order valence-corrected chi connectivity index (χ3v) is 3.77. The molecule has 2 rings (SSSR count). The van der Waals surface area contributed by atoms with E-state index in [1.165, 1.54) is 23.1 Å². The number of carbonyl (C=O) groups is 1. The molecule has 25 heavy (non-hydrogen) atoms. The Labute approximate surface area is 148 Å². The summed E-state index contributed by atoms with van der Waals surface area (Å²) in [5.41, 5.74) is -0.704. The zero-order chi connectivity index (χ0) is 17.7. The van der Waals surface area contributed by atoms with Crippen molar-refractivity contribution in [2.24, 2.45) is 0 Å². The molecule has 1 aromatic rings. The van der Waals surface area contributed by atoms with E-state index in [1.54, 1.807) is 0 Å². The highest BCUT2D eigenvalue weighted by atomic mass is 35.5. The van der Waals surface area contributed by atoms with E-state index in [4.69, 9.17) is 0 Å². The molecule has 1 saturated heterocycles. The largest absolute Gasteiger partial charge is 0.405 e. The lowest BCUT2D eigenvalue weighted by Crippen LogP contribution is -2.57. The summed E-state index contributed by atoms with van der Waals surface area (Å²) in [5, 5.41) is 16.0. The highest BCUT2D eigenvalue weighted by Crippen LogP contribution is 2.25. The minimum absolute atomic E-state index is 0. The van der Waals surface area contributed by atoms with Crippen LogP contribution in [-0.2, 0) is 0 Å². The van der Waals surface area contributed by atoms with E-state index in [9.17, 15) is 28.1 Å². The molecule has 1 fully saturated rings. The Morgan fingerprint density at radius 2 is 1.92 bits per heavy atom. The fourth-order valence-electron chi connectivity index (χ4n) is 2.56. The van der Waals surface area contributed by atoms with Crippen molar-refractivity contribution in [2.75, 3.05) is 32.7 Å². The molecule has 0 aliphatic carbocycles. The minimum Gasteiger partial charge on any atom is -0.350 e. The fraction of sp³-hybridized carbons (Fsp3) is 0.500. The van der Waals surface area contributed by atoms with Gasteiger partial charge in [-0.25, -0.2) is 0 Å². The molecular formula is C14H18ClF3N4O3. The topological polar surface area (TPSA) is 87.5 Å². The predicted molar refractivity (Wildman–Crippen MR) is 87.0 cm³/mol. The van der Waals surface area contributed by atoms with Gasteiger partial charge in [0, 0.05) is 38.8 Å². The van der Waals surface area contributed by atoms with Crippen LogP contribution < -0.4 is 10.6 Å². The van der Waals surface area contributed by atoms with Gasteiger partial charge in [0.05, 0.1) is 4.92 Å². The molecule has 0 aromatic heterocycles. The van der Waals surface area contributed by atoms with E-state index in [0.29, 0.717) is 13.1 Å². The highest BCUT2D eigenvalue weighted by molar-refractivity contribution is 5.98. The van der Waals surface area contributed by atoms with Gasteiger partial charge < -0.3 is 10.6 Å². The number of amides is 1. The second-order valence-corrected chi connectivity index (χ2v) is 5.33. The second-order valence-electron chi connectivity index (χ2n) is 5.33. The maximum Gasteiger partial charge on any atom is 0.405 e. The highest BCUT2D eigenvalue weighted by Gasteiger charge is 2.44. The zero-order valence-corrected chi connectivity index (χ0v) is 13.9. The molecule has 0 spiro atoms. The number of carbonyl (C=O) groups excluding carboxylic acids is 1. The number of para-hydroxylation sites is 1. The number of rotatable bonds is 5. The Hall–Kier alpha value is -1.91. The molecule has 1 aliphatic rings. The van der Waals surface area contributed by atoms with Crippen LogP contribution in [0.15, 0.2) is 24.3 Å². The lowest BCUT2D eigenvalue weighted by Gasteiger charge is -2.35. The smallest absolute Gasteiger partial charge is 0.350 e. The first-order valence-corrected chi connectivity index (χ1v) is 7.34. The number of piperazine rings is 1. The number of nitro benzene ring substituents is 1. The molecule has 2 N–H and O–H groups in total. The van der Waals surface area contributed by atoms with Gasteiger partial charge in [-0.15, -0.1) is 12.4 Å². The summed E-state index contributed by atoms with van der Waals surface area (Å²) in [4.78, 5) is 23.5. The number of hydrogen-bond donors (Lipinski definition) is 2. The average Bonchev–Trinajstić information content (AvgIpc) is 2.54. The van der Waals surface area contributed by atoms with Crippen LogP contribution in [0.5, 0.6) is 0 Å². The number of nitrogens with zero attached hydrogens (tertiary/aromatic N) is 2. The molecule has 0 saturated carbocycles. The number of halogens is 4. The van der Waals surface area contributed by atoms with Crippen LogP contribution >= 0.6 is 12.4 Å². The summed E-state index contributed by atoms with van der Waals surface area (Å²) < 4.78 is 39.7. The van der Waals surface area contributed by atoms with Crippen LogP contribution in [0.4, 0.5) is 18.9 Å². The van der Waals surface area contributed by atoms with Crippen molar-refractivity contribution in [1.29, 1.82) is 0 Å². The monoisotopic (exact) mass is 382 g/mol. The number of hydrogen-bond acceptors (Lipinski definition) is 5. The Bertz CT molecular complexity index is 609. The second kappa shape index (κ2) is 8.97. The lowest BCUT2D eigenvalue weighted by atomic mass is 10.1. The zero-order valence-electron chi connectivity index (χ0n) is 13.1. The fourth-order valence-corrected chi connectivity index (χ4v) is 2.56. The van der Waals surface area contributed by atoms with Crippen molar-refractivity contribution in [3.63, 3.8) is 0 Å². The maximum atomic E-state index is 13.2. The molecule has 1 aromatic carbocycles. The van der Waals surface area contributed by atoms with Crippen LogP contribution in [0.1, 0.15) is 10.4 Å². The van der Waals surface area contributed by atoms with Crippen molar-refractivity contribution < 1.29 is 22.9 Å². The van der Waals surface area contributed by atoms with Gasteiger partial charge in [-0.3, -0.25) is 19.8 Å². The van der Waals surface area contributed by atoms with Gasteiger partial charge in [-0.05, 0) is 6.07 Å². The first-order valence-electron chi connectivity index (χ1n) is 7.34. The SMILES string of the molecule is Cl.O=C(NCC(N1CCNCC1)C(F)(F)F)c1ccccc1[N+](=O)[O-]. The van der Waals surface area contributed by atoms with Gasteiger partial charge in [0.2, 0.25) is 0 Å². The molecule has 1 heterocycles. The van der Waals surface area contributed by atoms with Crippen molar-refractivity contribution >= 4 is 24.0 Å². The van der Waals surface area contributed by atoms with Gasteiger partial charge in [0.15, 0.2) is 0 Å². The van der Waals surface area contributed by atoms with E-state index in [1.807, 2.05) is 0 Å². The molecular weight excluding hydrogens is 365 g/mol. The van der Waals surface area contributed by atoms with Gasteiger partial charge in [-0.2, -0.15) is 13.2 Å². The van der Waals surface area contributed by atoms with Crippen molar-refractivity contribution in [2.45, 2.75) is 12.2 Å². The number of nitrogens with one attached hydrogen (secondary N) is 2. The summed E-state index contributed by atoms with van der Waals surface area (Å²) in [7, 11) is 0. The van der Waals surface area contributed by atoms with Crippen LogP contribution in [-0.4, -0.2) is 60.7 Å². The molecule has 1 unspecified atom stereocenters. The summed E-state index contributed by atoms with van der Waals surface area (Å²) in [6.45, 7) is 0.640. The summed E-state index contributed by atoms with van der Waals surface area (Å²) in [6.07, 6.45) is -4.51. The number of benzene rings is 1. The third-order valence-electron chi connectivity index (χ3n) is 3.77. The van der Waals surface area contributed by atoms with Gasteiger partial charge in [0.1, 0.15) is 11.6 Å².